The van der Waals surface area contributed by atoms with Crippen molar-refractivity contribution in [3.05, 3.63) is 35.5 Å². The Morgan fingerprint density at radius 2 is 2.09 bits per heavy atom. The standard InChI is InChI=1S/C23H27F2N5O3/c1-13-6-5-7-17(29-22(32)33-23(2,3)4)14-8-9-15(11-26)16(10-14)19-18(28-20(13)31)12-27-30(19)21(24)25/h8-10,12-13,17,21H,5-7H2,1-4H3,(H,28,31)(H,29,32). The van der Waals surface area contributed by atoms with E-state index in [9.17, 15) is 23.6 Å². The number of alkyl carbamates (subject to hydrolysis) is 1. The fourth-order valence-electron chi connectivity index (χ4n) is 3.73. The zero-order chi connectivity index (χ0) is 24.3. The quantitative estimate of drug-likeness (QED) is 0.646. The summed E-state index contributed by atoms with van der Waals surface area (Å²) in [6.07, 6.45) is 2.17. The van der Waals surface area contributed by atoms with E-state index >= 15 is 0 Å². The molecule has 0 saturated carbocycles. The van der Waals surface area contributed by atoms with E-state index in [1.54, 1.807) is 39.8 Å². The molecule has 2 heterocycles. The molecule has 2 amide bonds. The molecule has 2 bridgehead atoms. The molecular weight excluding hydrogens is 432 g/mol. The summed E-state index contributed by atoms with van der Waals surface area (Å²) in [6, 6.07) is 6.28. The molecule has 2 aromatic rings. The number of anilines is 1. The third-order valence-corrected chi connectivity index (χ3v) is 5.33. The van der Waals surface area contributed by atoms with Gasteiger partial charge in [-0.2, -0.15) is 19.1 Å². The molecule has 2 unspecified atom stereocenters. The zero-order valence-electron chi connectivity index (χ0n) is 19.0. The maximum Gasteiger partial charge on any atom is 0.408 e. The first-order chi connectivity index (χ1) is 15.5. The number of hydrogen-bond acceptors (Lipinski definition) is 5. The van der Waals surface area contributed by atoms with Crippen LogP contribution in [0.1, 0.15) is 70.7 Å². The van der Waals surface area contributed by atoms with Crippen LogP contribution in [0.3, 0.4) is 0 Å². The van der Waals surface area contributed by atoms with Crippen molar-refractivity contribution in [3.63, 3.8) is 0 Å². The SMILES string of the molecule is CC1CCCC(NC(=O)OC(C)(C)C)c2ccc(C#N)c(c2)-c2c(cnn2C(F)F)NC1=O. The fourth-order valence-corrected chi connectivity index (χ4v) is 3.73. The van der Waals surface area contributed by atoms with Crippen LogP contribution in [0.25, 0.3) is 11.3 Å². The van der Waals surface area contributed by atoms with E-state index in [2.05, 4.69) is 15.7 Å². The molecule has 2 N–H and O–H groups in total. The van der Waals surface area contributed by atoms with Crippen molar-refractivity contribution < 1.29 is 23.1 Å². The molecule has 3 rings (SSSR count). The lowest BCUT2D eigenvalue weighted by atomic mass is 9.92. The number of nitriles is 1. The number of rotatable bonds is 2. The van der Waals surface area contributed by atoms with Gasteiger partial charge in [-0.25, -0.2) is 9.48 Å². The number of benzene rings is 1. The van der Waals surface area contributed by atoms with Crippen LogP contribution in [-0.2, 0) is 9.53 Å². The number of nitrogens with zero attached hydrogens (tertiary/aromatic N) is 3. The van der Waals surface area contributed by atoms with Crippen molar-refractivity contribution in [2.24, 2.45) is 5.92 Å². The van der Waals surface area contributed by atoms with Crippen molar-refractivity contribution in [1.29, 1.82) is 5.26 Å². The van der Waals surface area contributed by atoms with E-state index in [1.807, 2.05) is 6.07 Å². The second kappa shape index (κ2) is 9.57. The molecule has 10 heteroatoms. The van der Waals surface area contributed by atoms with Crippen molar-refractivity contribution in [2.45, 2.75) is 65.1 Å². The second-order valence-corrected chi connectivity index (χ2v) is 9.07. The number of carbonyl (C=O) groups excluding carboxylic acids is 2. The second-order valence-electron chi connectivity index (χ2n) is 9.07. The summed E-state index contributed by atoms with van der Waals surface area (Å²) in [5, 5.41) is 18.9. The number of amides is 2. The van der Waals surface area contributed by atoms with Crippen LogP contribution in [0.15, 0.2) is 24.4 Å². The van der Waals surface area contributed by atoms with Crippen molar-refractivity contribution >= 4 is 17.7 Å². The van der Waals surface area contributed by atoms with Gasteiger partial charge in [0.05, 0.1) is 35.3 Å². The number of carbonyl (C=O) groups is 2. The highest BCUT2D eigenvalue weighted by Gasteiger charge is 2.27. The minimum absolute atomic E-state index is 0.0689. The Balaban J connectivity index is 2.14. The average Bonchev–Trinajstić information content (AvgIpc) is 3.14. The molecule has 0 saturated heterocycles. The third-order valence-electron chi connectivity index (χ3n) is 5.33. The lowest BCUT2D eigenvalue weighted by molar-refractivity contribution is -0.119. The van der Waals surface area contributed by atoms with Crippen molar-refractivity contribution in [3.8, 4) is 17.3 Å². The van der Waals surface area contributed by atoms with Crippen LogP contribution >= 0.6 is 0 Å². The van der Waals surface area contributed by atoms with Crippen molar-refractivity contribution in [1.82, 2.24) is 15.1 Å². The molecule has 8 nitrogen and oxygen atoms in total. The highest BCUT2D eigenvalue weighted by molar-refractivity contribution is 5.96. The largest absolute Gasteiger partial charge is 0.444 e. The molecule has 0 spiro atoms. The van der Waals surface area contributed by atoms with Crippen LogP contribution in [0.5, 0.6) is 0 Å². The minimum Gasteiger partial charge on any atom is -0.444 e. The molecule has 2 atom stereocenters. The topological polar surface area (TPSA) is 109 Å². The van der Waals surface area contributed by atoms with Gasteiger partial charge in [-0.3, -0.25) is 4.79 Å². The molecule has 0 aliphatic carbocycles. The smallest absolute Gasteiger partial charge is 0.408 e. The van der Waals surface area contributed by atoms with Gasteiger partial charge in [0, 0.05) is 11.5 Å². The number of ether oxygens (including phenoxy) is 1. The predicted molar refractivity (Wildman–Crippen MR) is 117 cm³/mol. The number of halogens is 2. The molecule has 1 aliphatic heterocycles. The van der Waals surface area contributed by atoms with Gasteiger partial charge in [-0.1, -0.05) is 19.4 Å². The molecule has 1 aromatic carbocycles. The molecule has 0 radical (unpaired) electrons. The Morgan fingerprint density at radius 3 is 2.73 bits per heavy atom. The Labute approximate surface area is 190 Å². The maximum atomic E-state index is 13.8. The Morgan fingerprint density at radius 1 is 1.36 bits per heavy atom. The first-order valence-electron chi connectivity index (χ1n) is 10.7. The van der Waals surface area contributed by atoms with Crippen LogP contribution in [0.4, 0.5) is 19.3 Å². The number of aromatic nitrogens is 2. The van der Waals surface area contributed by atoms with Crippen LogP contribution in [0.2, 0.25) is 0 Å². The Kier molecular flexibility index (Phi) is 7.01. The summed E-state index contributed by atoms with van der Waals surface area (Å²) in [4.78, 5) is 25.2. The van der Waals surface area contributed by atoms with E-state index in [0.29, 0.717) is 29.5 Å². The zero-order valence-corrected chi connectivity index (χ0v) is 19.0. The summed E-state index contributed by atoms with van der Waals surface area (Å²) in [5.74, 6) is -0.736. The summed E-state index contributed by atoms with van der Waals surface area (Å²) in [5.41, 5.74) is 0.280. The van der Waals surface area contributed by atoms with E-state index in [-0.39, 0.29) is 28.4 Å². The van der Waals surface area contributed by atoms with E-state index in [4.69, 9.17) is 4.74 Å². The summed E-state index contributed by atoms with van der Waals surface area (Å²) in [7, 11) is 0. The van der Waals surface area contributed by atoms with Gasteiger partial charge in [-0.15, -0.1) is 0 Å². The molecule has 1 aromatic heterocycles. The molecular formula is C23H27F2N5O3. The normalized spacial score (nSPS) is 18.9. The third kappa shape index (κ3) is 5.66. The molecule has 1 aliphatic rings. The molecule has 176 valence electrons. The van der Waals surface area contributed by atoms with Gasteiger partial charge < -0.3 is 15.4 Å². The maximum absolute atomic E-state index is 13.8. The van der Waals surface area contributed by atoms with Crippen LogP contribution in [-0.4, -0.2) is 27.4 Å². The average molecular weight is 459 g/mol. The molecule has 33 heavy (non-hydrogen) atoms. The van der Waals surface area contributed by atoms with Crippen LogP contribution < -0.4 is 10.6 Å². The van der Waals surface area contributed by atoms with Gasteiger partial charge in [0.1, 0.15) is 5.60 Å². The van der Waals surface area contributed by atoms with Gasteiger partial charge >= 0.3 is 12.6 Å². The van der Waals surface area contributed by atoms with E-state index < -0.39 is 30.2 Å². The van der Waals surface area contributed by atoms with Crippen LogP contribution in [0, 0.1) is 17.2 Å². The van der Waals surface area contributed by atoms with Gasteiger partial charge in [-0.05, 0) is 51.3 Å². The Hall–Kier alpha value is -3.48. The number of fused-ring (bicyclic) bond motifs is 4. The first kappa shape index (κ1) is 24.2. The number of nitrogens with one attached hydrogen (secondary N) is 2. The van der Waals surface area contributed by atoms with Gasteiger partial charge in [0.25, 0.3) is 0 Å². The Bertz CT molecular complexity index is 1080. The minimum atomic E-state index is -2.98. The lowest BCUT2D eigenvalue weighted by Gasteiger charge is -2.25. The highest BCUT2D eigenvalue weighted by Crippen LogP contribution is 2.36. The molecule has 0 fully saturated rings. The van der Waals surface area contributed by atoms with E-state index in [0.717, 1.165) is 6.20 Å². The summed E-state index contributed by atoms with van der Waals surface area (Å²) >= 11 is 0. The van der Waals surface area contributed by atoms with Crippen molar-refractivity contribution in [2.75, 3.05) is 5.32 Å². The van der Waals surface area contributed by atoms with E-state index in [1.165, 1.54) is 6.07 Å². The predicted octanol–water partition coefficient (Wildman–Crippen LogP) is 5.14. The first-order valence-corrected chi connectivity index (χ1v) is 10.7. The number of hydrogen-bond donors (Lipinski definition) is 2. The monoisotopic (exact) mass is 459 g/mol. The number of alkyl halides is 2. The van der Waals surface area contributed by atoms with Gasteiger partial charge in [0.15, 0.2) is 0 Å². The highest BCUT2D eigenvalue weighted by atomic mass is 19.3. The summed E-state index contributed by atoms with van der Waals surface area (Å²) < 4.78 is 33.4. The fraction of sp³-hybridized carbons (Fsp3) is 0.478. The lowest BCUT2D eigenvalue weighted by Crippen LogP contribution is -2.35. The summed E-state index contributed by atoms with van der Waals surface area (Å²) in [6.45, 7) is 4.01. The van der Waals surface area contributed by atoms with Gasteiger partial charge in [0.2, 0.25) is 5.91 Å².